The van der Waals surface area contributed by atoms with Gasteiger partial charge in [0.25, 0.3) is 0 Å². The first kappa shape index (κ1) is 11.9. The molecular formula is C11H17NS2. The lowest BCUT2D eigenvalue weighted by molar-refractivity contribution is 1.04. The largest absolute Gasteiger partial charge is 0.249 e. The molecule has 0 amide bonds. The summed E-state index contributed by atoms with van der Waals surface area (Å²) in [5, 5.41) is 2.35. The van der Waals surface area contributed by atoms with Crippen LogP contribution < -0.4 is 0 Å². The third kappa shape index (κ3) is 4.38. The quantitative estimate of drug-likeness (QED) is 0.719. The van der Waals surface area contributed by atoms with Gasteiger partial charge in [-0.05, 0) is 12.1 Å². The van der Waals surface area contributed by atoms with Crippen LogP contribution in [0.3, 0.4) is 0 Å². The fraction of sp³-hybridized carbons (Fsp3) is 0.545. The van der Waals surface area contributed by atoms with E-state index in [4.69, 9.17) is 0 Å². The summed E-state index contributed by atoms with van der Waals surface area (Å²) in [6.07, 6.45) is 1.97. The molecule has 1 nitrogen and oxygen atoms in total. The molecule has 0 aliphatic rings. The highest BCUT2D eigenvalue weighted by atomic mass is 32.2. The van der Waals surface area contributed by atoms with E-state index in [9.17, 15) is 0 Å². The van der Waals surface area contributed by atoms with Crippen molar-refractivity contribution in [3.8, 4) is 0 Å². The van der Waals surface area contributed by atoms with Crippen LogP contribution >= 0.6 is 23.5 Å². The molecule has 0 saturated heterocycles. The van der Waals surface area contributed by atoms with Crippen molar-refractivity contribution in [1.29, 1.82) is 0 Å². The van der Waals surface area contributed by atoms with E-state index in [1.807, 2.05) is 18.0 Å². The van der Waals surface area contributed by atoms with Gasteiger partial charge < -0.3 is 0 Å². The van der Waals surface area contributed by atoms with Crippen LogP contribution in [0.5, 0.6) is 0 Å². The summed E-state index contributed by atoms with van der Waals surface area (Å²) < 4.78 is 0. The van der Waals surface area contributed by atoms with Crippen molar-refractivity contribution in [1.82, 2.24) is 4.98 Å². The third-order valence-electron chi connectivity index (χ3n) is 1.44. The van der Waals surface area contributed by atoms with Crippen LogP contribution in [-0.2, 0) is 0 Å². The second kappa shape index (κ2) is 5.66. The Morgan fingerprint density at radius 3 is 2.07 bits per heavy atom. The lowest BCUT2D eigenvalue weighted by Crippen LogP contribution is -1.90. The second-order valence-corrected chi connectivity index (χ2v) is 6.91. The van der Waals surface area contributed by atoms with Gasteiger partial charge in [-0.1, -0.05) is 27.7 Å². The number of pyridine rings is 1. The highest BCUT2D eigenvalue weighted by molar-refractivity contribution is 8.00. The summed E-state index contributed by atoms with van der Waals surface area (Å²) in [7, 11) is 0. The Hall–Kier alpha value is -0.150. The zero-order chi connectivity index (χ0) is 10.6. The molecule has 14 heavy (non-hydrogen) atoms. The molecule has 0 atom stereocenters. The van der Waals surface area contributed by atoms with E-state index in [1.165, 1.54) is 4.90 Å². The van der Waals surface area contributed by atoms with E-state index in [0.717, 1.165) is 5.03 Å². The molecule has 1 aromatic heterocycles. The molecule has 3 heteroatoms. The normalized spacial score (nSPS) is 11.3. The van der Waals surface area contributed by atoms with Gasteiger partial charge in [0, 0.05) is 21.6 Å². The summed E-state index contributed by atoms with van der Waals surface area (Å²) >= 11 is 3.66. The van der Waals surface area contributed by atoms with Gasteiger partial charge in [-0.15, -0.1) is 23.5 Å². The van der Waals surface area contributed by atoms with Gasteiger partial charge in [-0.2, -0.15) is 0 Å². The molecule has 0 fully saturated rings. The Balaban J connectivity index is 2.59. The van der Waals surface area contributed by atoms with Crippen molar-refractivity contribution in [3.63, 3.8) is 0 Å². The lowest BCUT2D eigenvalue weighted by Gasteiger charge is -2.06. The molecule has 0 aliphatic carbocycles. The molecule has 0 saturated carbocycles. The van der Waals surface area contributed by atoms with Crippen LogP contribution in [0, 0.1) is 0 Å². The van der Waals surface area contributed by atoms with Crippen molar-refractivity contribution in [2.75, 3.05) is 0 Å². The third-order valence-corrected chi connectivity index (χ3v) is 3.38. The van der Waals surface area contributed by atoms with E-state index in [-0.39, 0.29) is 0 Å². The van der Waals surface area contributed by atoms with Crippen LogP contribution in [0.1, 0.15) is 27.7 Å². The summed E-state index contributed by atoms with van der Waals surface area (Å²) in [5.74, 6) is 0. The van der Waals surface area contributed by atoms with E-state index >= 15 is 0 Å². The molecule has 1 aromatic rings. The minimum atomic E-state index is 0.603. The maximum atomic E-state index is 4.41. The molecule has 1 rings (SSSR count). The second-order valence-electron chi connectivity index (χ2n) is 3.67. The first-order valence-corrected chi connectivity index (χ1v) is 6.63. The number of aromatic nitrogens is 1. The fourth-order valence-corrected chi connectivity index (χ4v) is 2.57. The standard InChI is InChI=1S/C11H17NS2/c1-8(2)13-10-5-6-11(12-7-10)14-9(3)4/h5-9H,1-4H3. The summed E-state index contributed by atoms with van der Waals surface area (Å²) in [5.41, 5.74) is 0. The topological polar surface area (TPSA) is 12.9 Å². The van der Waals surface area contributed by atoms with Gasteiger partial charge >= 0.3 is 0 Å². The van der Waals surface area contributed by atoms with Gasteiger partial charge in [-0.25, -0.2) is 4.98 Å². The molecule has 0 unspecified atom stereocenters. The number of nitrogens with zero attached hydrogens (tertiary/aromatic N) is 1. The summed E-state index contributed by atoms with van der Waals surface area (Å²) in [6, 6.07) is 4.26. The zero-order valence-corrected chi connectivity index (χ0v) is 10.8. The minimum Gasteiger partial charge on any atom is -0.249 e. The SMILES string of the molecule is CC(C)Sc1ccc(SC(C)C)nc1. The van der Waals surface area contributed by atoms with Crippen LogP contribution in [0.15, 0.2) is 28.3 Å². The number of hydrogen-bond acceptors (Lipinski definition) is 3. The average Bonchev–Trinajstić information content (AvgIpc) is 2.06. The van der Waals surface area contributed by atoms with E-state index < -0.39 is 0 Å². The molecule has 0 aliphatic heterocycles. The Morgan fingerprint density at radius 1 is 1.00 bits per heavy atom. The van der Waals surface area contributed by atoms with Crippen molar-refractivity contribution in [2.24, 2.45) is 0 Å². The molecular weight excluding hydrogens is 210 g/mol. The number of hydrogen-bond donors (Lipinski definition) is 0. The van der Waals surface area contributed by atoms with Gasteiger partial charge in [0.15, 0.2) is 0 Å². The Morgan fingerprint density at radius 2 is 1.64 bits per heavy atom. The van der Waals surface area contributed by atoms with Crippen molar-refractivity contribution < 1.29 is 0 Å². The predicted octanol–water partition coefficient (Wildman–Crippen LogP) is 4.08. The molecule has 0 N–H and O–H groups in total. The number of rotatable bonds is 4. The molecule has 0 radical (unpaired) electrons. The molecule has 0 bridgehead atoms. The first-order chi connectivity index (χ1) is 6.58. The van der Waals surface area contributed by atoms with Crippen LogP contribution in [-0.4, -0.2) is 15.5 Å². The van der Waals surface area contributed by atoms with E-state index in [1.54, 1.807) is 11.8 Å². The van der Waals surface area contributed by atoms with Crippen molar-refractivity contribution in [2.45, 2.75) is 48.1 Å². The Kier molecular flexibility index (Phi) is 4.82. The minimum absolute atomic E-state index is 0.603. The van der Waals surface area contributed by atoms with Gasteiger partial charge in [0.05, 0.1) is 5.03 Å². The molecule has 78 valence electrons. The monoisotopic (exact) mass is 227 g/mol. The fourth-order valence-electron chi connectivity index (χ4n) is 1.02. The summed E-state index contributed by atoms with van der Waals surface area (Å²) in [4.78, 5) is 5.67. The number of thioether (sulfide) groups is 2. The van der Waals surface area contributed by atoms with Gasteiger partial charge in [-0.3, -0.25) is 0 Å². The van der Waals surface area contributed by atoms with Gasteiger partial charge in [0.2, 0.25) is 0 Å². The van der Waals surface area contributed by atoms with Crippen LogP contribution in [0.2, 0.25) is 0 Å². The van der Waals surface area contributed by atoms with Crippen LogP contribution in [0.4, 0.5) is 0 Å². The molecule has 0 aromatic carbocycles. The zero-order valence-electron chi connectivity index (χ0n) is 9.15. The Bertz CT molecular complexity index is 238. The maximum Gasteiger partial charge on any atom is 0.0963 e. The average molecular weight is 227 g/mol. The Labute approximate surface area is 95.1 Å². The van der Waals surface area contributed by atoms with Gasteiger partial charge in [0.1, 0.15) is 0 Å². The molecule has 0 spiro atoms. The maximum absolute atomic E-state index is 4.41. The smallest absolute Gasteiger partial charge is 0.0963 e. The van der Waals surface area contributed by atoms with E-state index in [2.05, 4.69) is 44.8 Å². The predicted molar refractivity (Wildman–Crippen MR) is 66.2 cm³/mol. The van der Waals surface area contributed by atoms with Crippen molar-refractivity contribution >= 4 is 23.5 Å². The van der Waals surface area contributed by atoms with Crippen molar-refractivity contribution in [3.05, 3.63) is 18.3 Å². The highest BCUT2D eigenvalue weighted by Gasteiger charge is 2.01. The first-order valence-electron chi connectivity index (χ1n) is 4.87. The van der Waals surface area contributed by atoms with E-state index in [0.29, 0.717) is 10.5 Å². The highest BCUT2D eigenvalue weighted by Crippen LogP contribution is 2.25. The van der Waals surface area contributed by atoms with Crippen LogP contribution in [0.25, 0.3) is 0 Å². The lowest BCUT2D eigenvalue weighted by atomic mass is 10.5. The summed E-state index contributed by atoms with van der Waals surface area (Å²) in [6.45, 7) is 8.76. The molecule has 1 heterocycles.